The summed E-state index contributed by atoms with van der Waals surface area (Å²) >= 11 is -0.440. The number of alkyl halides is 3. The predicted octanol–water partition coefficient (Wildman–Crippen LogP) is 5.51. The molecule has 4 aliphatic heterocycles. The van der Waals surface area contributed by atoms with Crippen molar-refractivity contribution in [2.75, 3.05) is 44.3 Å². The number of morpholine rings is 1. The number of aliphatic hydroxyl groups excluding tert-OH is 1. The molecule has 8 nitrogen and oxygen atoms in total. The largest absolute Gasteiger partial charge is 0.463 e. The van der Waals surface area contributed by atoms with Crippen LogP contribution in [0.15, 0.2) is 23.1 Å². The number of likely N-dealkylation sites (tertiary alicyclic amines) is 1. The van der Waals surface area contributed by atoms with E-state index in [-0.39, 0.29) is 70.0 Å². The minimum atomic E-state index is -4.78. The summed E-state index contributed by atoms with van der Waals surface area (Å²) in [5, 5.41) is 14.6. The van der Waals surface area contributed by atoms with Gasteiger partial charge in [0.15, 0.2) is 5.82 Å². The molecule has 0 spiro atoms. The summed E-state index contributed by atoms with van der Waals surface area (Å²) in [4.78, 5) is 13.4. The fourth-order valence-corrected chi connectivity index (χ4v) is 9.95. The quantitative estimate of drug-likeness (QED) is 0.177. The van der Waals surface area contributed by atoms with Crippen LogP contribution in [-0.2, 0) is 11.2 Å². The molecular weight excluding hydrogens is 689 g/mol. The average molecular weight is 728 g/mol. The molecule has 5 fully saturated rings. The molecule has 1 saturated carbocycles. The first-order valence-electron chi connectivity index (χ1n) is 17.7. The van der Waals surface area contributed by atoms with Crippen LogP contribution in [0.3, 0.4) is 0 Å². The summed E-state index contributed by atoms with van der Waals surface area (Å²) < 4.78 is 87.4. The van der Waals surface area contributed by atoms with Crippen molar-refractivity contribution in [3.05, 3.63) is 52.1 Å². The number of nitrogens with one attached hydrogen (secondary N) is 1. The third-order valence-electron chi connectivity index (χ3n) is 11.7. The number of nitrogens with zero attached hydrogens (tertiary/aromatic N) is 4. The van der Waals surface area contributed by atoms with Gasteiger partial charge in [-0.25, -0.2) is 8.78 Å². The van der Waals surface area contributed by atoms with Crippen molar-refractivity contribution in [1.29, 1.82) is 0 Å². The van der Waals surface area contributed by atoms with Crippen LogP contribution in [-0.4, -0.2) is 95.2 Å². The fraction of sp³-hybridized carbons (Fsp3) is 0.568. The molecule has 4 saturated heterocycles. The first kappa shape index (κ1) is 33.6. The van der Waals surface area contributed by atoms with E-state index in [9.17, 15) is 18.3 Å². The summed E-state index contributed by atoms with van der Waals surface area (Å²) in [7, 11) is 0. The fourth-order valence-electron chi connectivity index (χ4n) is 9.19. The number of ether oxygens (including phenoxy) is 2. The van der Waals surface area contributed by atoms with Gasteiger partial charge in [-0.2, -0.15) is 23.1 Å². The zero-order valence-electron chi connectivity index (χ0n) is 27.8. The Bertz CT molecular complexity index is 1920. The van der Waals surface area contributed by atoms with Gasteiger partial charge in [0.05, 0.1) is 31.0 Å². The molecule has 14 heteroatoms. The molecule has 4 bridgehead atoms. The molecule has 6 aliphatic rings. The molecule has 2 aromatic carbocycles. The molecule has 51 heavy (non-hydrogen) atoms. The van der Waals surface area contributed by atoms with E-state index in [4.69, 9.17) is 20.9 Å². The van der Waals surface area contributed by atoms with Crippen molar-refractivity contribution in [1.82, 2.24) is 20.2 Å². The van der Waals surface area contributed by atoms with E-state index in [1.165, 1.54) is 18.2 Å². The van der Waals surface area contributed by atoms with Gasteiger partial charge >= 0.3 is 11.5 Å². The van der Waals surface area contributed by atoms with Crippen LogP contribution >= 0.6 is 11.8 Å². The number of piperazine rings is 1. The molecule has 9 rings (SSSR count). The van der Waals surface area contributed by atoms with Crippen LogP contribution in [0.5, 0.6) is 6.01 Å². The van der Waals surface area contributed by atoms with E-state index in [0.717, 1.165) is 51.8 Å². The van der Waals surface area contributed by atoms with E-state index >= 15 is 8.78 Å². The van der Waals surface area contributed by atoms with Gasteiger partial charge in [0.1, 0.15) is 17.2 Å². The van der Waals surface area contributed by atoms with Gasteiger partial charge in [-0.3, -0.25) is 4.90 Å². The van der Waals surface area contributed by atoms with Crippen molar-refractivity contribution in [3.63, 3.8) is 0 Å². The number of thioether (sulfide) groups is 1. The monoisotopic (exact) mass is 727 g/mol. The number of benzene rings is 2. The highest BCUT2D eigenvalue weighted by atomic mass is 32.2. The first-order chi connectivity index (χ1) is 24.5. The lowest BCUT2D eigenvalue weighted by molar-refractivity contribution is -0.0328. The van der Waals surface area contributed by atoms with Crippen molar-refractivity contribution < 1.29 is 36.5 Å². The summed E-state index contributed by atoms with van der Waals surface area (Å²) in [6.45, 7) is 3.90. The van der Waals surface area contributed by atoms with Crippen molar-refractivity contribution in [2.24, 2.45) is 5.41 Å². The number of rotatable bonds is 8. The molecule has 6 atom stereocenters. The lowest BCUT2D eigenvalue weighted by Gasteiger charge is -2.35. The summed E-state index contributed by atoms with van der Waals surface area (Å²) in [5.74, 6) is -0.231. The molecule has 0 amide bonds. The number of terminal acetylenes is 1. The Balaban J connectivity index is 1.16. The number of anilines is 1. The molecule has 1 aromatic heterocycles. The molecule has 4 unspecified atom stereocenters. The second-order valence-corrected chi connectivity index (χ2v) is 16.4. The number of halogens is 5. The van der Waals surface area contributed by atoms with Gasteiger partial charge in [-0.1, -0.05) is 12.0 Å². The maximum absolute atomic E-state index is 17.4. The molecule has 270 valence electrons. The van der Waals surface area contributed by atoms with Crippen LogP contribution < -0.4 is 15.0 Å². The van der Waals surface area contributed by atoms with Crippen molar-refractivity contribution in [3.8, 4) is 18.4 Å². The number of aliphatic hydroxyl groups is 1. The second-order valence-electron chi connectivity index (χ2n) is 15.3. The molecule has 2 aliphatic carbocycles. The van der Waals surface area contributed by atoms with E-state index in [0.29, 0.717) is 37.1 Å². The lowest BCUT2D eigenvalue weighted by Crippen LogP contribution is -2.51. The van der Waals surface area contributed by atoms with Gasteiger partial charge in [-0.05, 0) is 80.0 Å². The summed E-state index contributed by atoms with van der Waals surface area (Å²) in [6.07, 6.45) is 9.82. The number of aromatic nitrogens is 2. The smallest absolute Gasteiger partial charge is 0.446 e. The maximum Gasteiger partial charge on any atom is 0.446 e. The van der Waals surface area contributed by atoms with Gasteiger partial charge in [-0.15, -0.1) is 6.42 Å². The summed E-state index contributed by atoms with van der Waals surface area (Å²) in [5.41, 5.74) is -4.85. The van der Waals surface area contributed by atoms with Gasteiger partial charge in [0.25, 0.3) is 0 Å². The Labute approximate surface area is 296 Å². The molecule has 5 heterocycles. The zero-order valence-corrected chi connectivity index (χ0v) is 28.6. The SMILES string of the molecule is C#Cc1c(F)ccc2c1C(c1c(SC(F)(F)F)cc3c(N4CC5CCC(C4)N5)nc(OCC4(CN5C[C@H]6C[C@@H]5CO6)CC4)nc3c1F)CC(O)C2. The lowest BCUT2D eigenvalue weighted by atomic mass is 9.75. The van der Waals surface area contributed by atoms with Crippen LogP contribution in [0.2, 0.25) is 0 Å². The van der Waals surface area contributed by atoms with Gasteiger partial charge in [0, 0.05) is 71.5 Å². The predicted molar refractivity (Wildman–Crippen MR) is 181 cm³/mol. The van der Waals surface area contributed by atoms with Crippen molar-refractivity contribution >= 4 is 28.5 Å². The van der Waals surface area contributed by atoms with Crippen molar-refractivity contribution in [2.45, 2.75) is 91.6 Å². The first-order valence-corrected chi connectivity index (χ1v) is 18.5. The normalized spacial score (nSPS) is 29.4. The maximum atomic E-state index is 17.4. The van der Waals surface area contributed by atoms with E-state index in [1.807, 2.05) is 4.90 Å². The Morgan fingerprint density at radius 1 is 1.10 bits per heavy atom. The van der Waals surface area contributed by atoms with Crippen LogP contribution in [0.25, 0.3) is 10.9 Å². The number of hydrogen-bond acceptors (Lipinski definition) is 9. The van der Waals surface area contributed by atoms with Gasteiger partial charge in [0.2, 0.25) is 0 Å². The number of fused-ring (bicyclic) bond motifs is 6. The number of hydrogen-bond donors (Lipinski definition) is 2. The molecule has 2 N–H and O–H groups in total. The second kappa shape index (κ2) is 12.4. The van der Waals surface area contributed by atoms with E-state index < -0.39 is 45.8 Å². The molecule has 3 aromatic rings. The van der Waals surface area contributed by atoms with E-state index in [1.54, 1.807) is 0 Å². The topological polar surface area (TPSA) is 83.0 Å². The minimum Gasteiger partial charge on any atom is -0.463 e. The molecular formula is C37H38F5N5O3S. The van der Waals surface area contributed by atoms with E-state index in [2.05, 4.69) is 21.1 Å². The highest BCUT2D eigenvalue weighted by Gasteiger charge is 2.49. The standard InChI is InChI=1S/C37H38F5N5O3S/c1-2-25-28(38)6-3-19-9-23(48)11-26(30(19)25)31-29(51-37(40,41)42)12-27-33(32(31)39)44-35(45-34(27)46-13-20-4-5-21(14-46)43-20)50-18-36(7-8-36)17-47-15-24-10-22(47)16-49-24/h1,3,6,12,20-24,26,43,48H,4-5,7-11,13-18H2/t20?,21?,22-,23?,24-,26?/m1/s1. The highest BCUT2D eigenvalue weighted by molar-refractivity contribution is 8.00. The Morgan fingerprint density at radius 2 is 1.88 bits per heavy atom. The Kier molecular flexibility index (Phi) is 8.20. The zero-order chi connectivity index (χ0) is 35.2. The molecule has 0 radical (unpaired) electrons. The Morgan fingerprint density at radius 3 is 2.55 bits per heavy atom. The van der Waals surface area contributed by atoms with Crippen LogP contribution in [0.4, 0.5) is 27.8 Å². The summed E-state index contributed by atoms with van der Waals surface area (Å²) in [6, 6.07) is 4.62. The van der Waals surface area contributed by atoms with Crippen LogP contribution in [0, 0.1) is 29.4 Å². The van der Waals surface area contributed by atoms with Gasteiger partial charge < -0.3 is 24.8 Å². The third-order valence-corrected chi connectivity index (χ3v) is 12.5. The van der Waals surface area contributed by atoms with Crippen LogP contribution in [0.1, 0.15) is 66.7 Å². The average Bonchev–Trinajstić information content (AvgIpc) is 3.34. The highest BCUT2D eigenvalue weighted by Crippen LogP contribution is 2.51. The Hall–Kier alpha value is -3.22. The minimum absolute atomic E-state index is 0.0403. The third kappa shape index (κ3) is 6.22.